The number of nitrogens with zero attached hydrogens (tertiary/aromatic N) is 3. The van der Waals surface area contributed by atoms with E-state index in [4.69, 9.17) is 14.9 Å². The zero-order valence-electron chi connectivity index (χ0n) is 17.3. The van der Waals surface area contributed by atoms with E-state index < -0.39 is 29.9 Å². The second-order valence-corrected chi connectivity index (χ2v) is 7.62. The molecule has 3 N–H and O–H groups in total. The third-order valence-corrected chi connectivity index (χ3v) is 5.28. The van der Waals surface area contributed by atoms with E-state index in [1.54, 1.807) is 13.0 Å². The standard InChI is InChI=1S/C21H21F3N4O4/c1-10(25)18-17(20(30)28-8-7-11(29)9-28)27-19(32-18)13-3-5-14(31-2)16-12(13)4-6-15(26-16)21(22,23)24/h3-6,10-11,29H,7-9,25H2,1-2H3/t10?,11-/m0/s1. The van der Waals surface area contributed by atoms with Crippen molar-refractivity contribution in [1.29, 1.82) is 0 Å². The summed E-state index contributed by atoms with van der Waals surface area (Å²) in [6, 6.07) is 4.48. The summed E-state index contributed by atoms with van der Waals surface area (Å²) in [6.45, 7) is 2.18. The van der Waals surface area contributed by atoms with E-state index in [0.717, 1.165) is 6.07 Å². The normalized spacial score (nSPS) is 17.7. The molecule has 1 aromatic carbocycles. The molecule has 4 rings (SSSR count). The molecule has 1 unspecified atom stereocenters. The predicted molar refractivity (Wildman–Crippen MR) is 108 cm³/mol. The molecule has 1 fully saturated rings. The second kappa shape index (κ2) is 8.06. The van der Waals surface area contributed by atoms with Crippen molar-refractivity contribution < 1.29 is 32.2 Å². The van der Waals surface area contributed by atoms with Gasteiger partial charge in [-0.1, -0.05) is 0 Å². The average molecular weight is 450 g/mol. The number of nitrogens with two attached hydrogens (primary N) is 1. The lowest BCUT2D eigenvalue weighted by atomic mass is 10.1. The van der Waals surface area contributed by atoms with Gasteiger partial charge < -0.3 is 24.9 Å². The number of hydrogen-bond donors (Lipinski definition) is 2. The Morgan fingerprint density at radius 3 is 2.66 bits per heavy atom. The quantitative estimate of drug-likeness (QED) is 0.628. The monoisotopic (exact) mass is 450 g/mol. The molecule has 1 aliphatic rings. The largest absolute Gasteiger partial charge is 0.494 e. The maximum Gasteiger partial charge on any atom is 0.433 e. The highest BCUT2D eigenvalue weighted by molar-refractivity contribution is 5.98. The zero-order valence-corrected chi connectivity index (χ0v) is 17.3. The molecule has 0 spiro atoms. The lowest BCUT2D eigenvalue weighted by Crippen LogP contribution is -2.31. The number of aliphatic hydroxyl groups excluding tert-OH is 1. The van der Waals surface area contributed by atoms with E-state index in [-0.39, 0.29) is 35.2 Å². The number of carbonyl (C=O) groups is 1. The number of methoxy groups -OCH3 is 1. The van der Waals surface area contributed by atoms with Crippen LogP contribution in [0.1, 0.15) is 41.3 Å². The number of aromatic nitrogens is 2. The summed E-state index contributed by atoms with van der Waals surface area (Å²) in [5, 5.41) is 10.1. The summed E-state index contributed by atoms with van der Waals surface area (Å²) in [7, 11) is 1.33. The molecule has 0 radical (unpaired) electrons. The maximum atomic E-state index is 13.2. The van der Waals surface area contributed by atoms with Gasteiger partial charge in [-0.2, -0.15) is 13.2 Å². The molecular weight excluding hydrogens is 429 g/mol. The maximum absolute atomic E-state index is 13.2. The number of fused-ring (bicyclic) bond motifs is 1. The Hall–Kier alpha value is -3.18. The lowest BCUT2D eigenvalue weighted by molar-refractivity contribution is -0.140. The van der Waals surface area contributed by atoms with Crippen molar-refractivity contribution >= 4 is 16.8 Å². The highest BCUT2D eigenvalue weighted by Crippen LogP contribution is 2.37. The van der Waals surface area contributed by atoms with E-state index in [0.29, 0.717) is 23.9 Å². The van der Waals surface area contributed by atoms with E-state index >= 15 is 0 Å². The Morgan fingerprint density at radius 1 is 1.31 bits per heavy atom. The Labute approximate surface area is 180 Å². The fourth-order valence-corrected chi connectivity index (χ4v) is 3.69. The average Bonchev–Trinajstić information content (AvgIpc) is 3.38. The fourth-order valence-electron chi connectivity index (χ4n) is 3.69. The topological polar surface area (TPSA) is 115 Å². The molecule has 0 bridgehead atoms. The summed E-state index contributed by atoms with van der Waals surface area (Å²) < 4.78 is 50.5. The van der Waals surface area contributed by atoms with Gasteiger partial charge in [0.1, 0.15) is 17.0 Å². The molecule has 3 heterocycles. The molecular formula is C21H21F3N4O4. The minimum Gasteiger partial charge on any atom is -0.494 e. The number of alkyl halides is 3. The number of aliphatic hydroxyl groups is 1. The van der Waals surface area contributed by atoms with Crippen LogP contribution >= 0.6 is 0 Å². The third-order valence-electron chi connectivity index (χ3n) is 5.28. The van der Waals surface area contributed by atoms with E-state index in [2.05, 4.69) is 9.97 Å². The van der Waals surface area contributed by atoms with Crippen molar-refractivity contribution in [2.75, 3.05) is 20.2 Å². The van der Waals surface area contributed by atoms with Crippen LogP contribution in [0, 0.1) is 0 Å². The van der Waals surface area contributed by atoms with E-state index in [1.165, 1.54) is 24.1 Å². The summed E-state index contributed by atoms with van der Waals surface area (Å²) in [5.41, 5.74) is 5.25. The van der Waals surface area contributed by atoms with Gasteiger partial charge >= 0.3 is 6.18 Å². The smallest absolute Gasteiger partial charge is 0.433 e. The molecule has 1 aliphatic heterocycles. The van der Waals surface area contributed by atoms with Gasteiger partial charge in [0.15, 0.2) is 11.5 Å². The van der Waals surface area contributed by atoms with Gasteiger partial charge in [0.25, 0.3) is 5.91 Å². The molecule has 0 saturated carbocycles. The van der Waals surface area contributed by atoms with Gasteiger partial charge in [-0.15, -0.1) is 0 Å². The molecule has 2 atom stereocenters. The molecule has 3 aromatic rings. The number of carbonyl (C=O) groups excluding carboxylic acids is 1. The molecule has 8 nitrogen and oxygen atoms in total. The molecule has 2 aromatic heterocycles. The van der Waals surface area contributed by atoms with Gasteiger partial charge in [-0.05, 0) is 37.6 Å². The van der Waals surface area contributed by atoms with Crippen LogP contribution in [0.5, 0.6) is 5.75 Å². The number of likely N-dealkylation sites (tertiary alicyclic amines) is 1. The number of rotatable bonds is 4. The number of halogens is 3. The highest BCUT2D eigenvalue weighted by atomic mass is 19.4. The Morgan fingerprint density at radius 2 is 2.06 bits per heavy atom. The highest BCUT2D eigenvalue weighted by Gasteiger charge is 2.34. The lowest BCUT2D eigenvalue weighted by Gasteiger charge is -2.14. The van der Waals surface area contributed by atoms with Crippen LogP contribution in [0.3, 0.4) is 0 Å². The van der Waals surface area contributed by atoms with E-state index in [9.17, 15) is 23.1 Å². The van der Waals surface area contributed by atoms with Crippen molar-refractivity contribution in [2.24, 2.45) is 5.73 Å². The summed E-state index contributed by atoms with van der Waals surface area (Å²) in [6.07, 6.45) is -4.77. The number of oxazole rings is 1. The van der Waals surface area contributed by atoms with Crippen LogP contribution in [0.15, 0.2) is 28.7 Å². The van der Waals surface area contributed by atoms with Gasteiger partial charge in [0.2, 0.25) is 5.89 Å². The summed E-state index contributed by atoms with van der Waals surface area (Å²) in [5.74, 6) is -0.111. The fraction of sp³-hybridized carbons (Fsp3) is 0.381. The molecule has 1 saturated heterocycles. The van der Waals surface area contributed by atoms with Gasteiger partial charge in [0.05, 0.1) is 19.3 Å². The molecule has 170 valence electrons. The van der Waals surface area contributed by atoms with Gasteiger partial charge in [-0.3, -0.25) is 4.79 Å². The summed E-state index contributed by atoms with van der Waals surface area (Å²) in [4.78, 5) is 22.5. The van der Waals surface area contributed by atoms with Crippen LogP contribution in [-0.2, 0) is 6.18 Å². The molecule has 0 aliphatic carbocycles. The van der Waals surface area contributed by atoms with Crippen molar-refractivity contribution in [3.8, 4) is 17.2 Å². The number of hydrogen-bond acceptors (Lipinski definition) is 7. The first-order chi connectivity index (χ1) is 15.1. The zero-order chi connectivity index (χ0) is 23.2. The number of amides is 1. The van der Waals surface area contributed by atoms with Crippen molar-refractivity contribution in [2.45, 2.75) is 31.7 Å². The van der Waals surface area contributed by atoms with Gasteiger partial charge in [-0.25, -0.2) is 9.97 Å². The van der Waals surface area contributed by atoms with Crippen LogP contribution in [0.2, 0.25) is 0 Å². The minimum absolute atomic E-state index is 0.00735. The third kappa shape index (κ3) is 3.89. The Kier molecular flexibility index (Phi) is 5.55. The SMILES string of the molecule is COc1ccc(-c2nc(C(=O)N3CC[C@H](O)C3)c(C(C)N)o2)c2ccc(C(F)(F)F)nc12. The number of pyridine rings is 1. The number of β-amino-alcohol motifs (C(OH)–C–C–N with tert-alkyl or cyclic N) is 1. The number of ether oxygens (including phenoxy) is 1. The van der Waals surface area contributed by atoms with Crippen molar-refractivity contribution in [1.82, 2.24) is 14.9 Å². The minimum atomic E-state index is -4.62. The second-order valence-electron chi connectivity index (χ2n) is 7.62. The van der Waals surface area contributed by atoms with E-state index in [1.807, 2.05) is 0 Å². The number of benzene rings is 1. The van der Waals surface area contributed by atoms with Crippen LogP contribution in [0.25, 0.3) is 22.4 Å². The first-order valence-electron chi connectivity index (χ1n) is 9.89. The van der Waals surface area contributed by atoms with Crippen LogP contribution < -0.4 is 10.5 Å². The first-order valence-corrected chi connectivity index (χ1v) is 9.89. The molecule has 11 heteroatoms. The van der Waals surface area contributed by atoms with Crippen molar-refractivity contribution in [3.05, 3.63) is 41.4 Å². The van der Waals surface area contributed by atoms with Crippen LogP contribution in [-0.4, -0.2) is 52.2 Å². The predicted octanol–water partition coefficient (Wildman–Crippen LogP) is 3.14. The Bertz CT molecular complexity index is 1180. The van der Waals surface area contributed by atoms with Crippen molar-refractivity contribution in [3.63, 3.8) is 0 Å². The first kappa shape index (κ1) is 22.0. The van der Waals surface area contributed by atoms with Crippen LogP contribution in [0.4, 0.5) is 13.2 Å². The molecule has 32 heavy (non-hydrogen) atoms. The Balaban J connectivity index is 1.85. The van der Waals surface area contributed by atoms with Gasteiger partial charge in [0, 0.05) is 24.0 Å². The summed E-state index contributed by atoms with van der Waals surface area (Å²) >= 11 is 0. The molecule has 1 amide bonds.